The number of carbonyl (C=O) groups is 1. The first-order valence-electron chi connectivity index (χ1n) is 10.5. The maximum atomic E-state index is 13.1. The molecular formula is C23H30N2O5S. The Morgan fingerprint density at radius 3 is 2.32 bits per heavy atom. The summed E-state index contributed by atoms with van der Waals surface area (Å²) in [6.07, 6.45) is 5.42. The Bertz CT molecular complexity index is 973. The number of carbonyl (C=O) groups excluding carboxylic acids is 1. The second-order valence-electron chi connectivity index (χ2n) is 7.72. The van der Waals surface area contributed by atoms with E-state index in [0.29, 0.717) is 11.5 Å². The molecule has 7 nitrogen and oxygen atoms in total. The molecule has 0 unspecified atom stereocenters. The molecule has 0 bridgehead atoms. The van der Waals surface area contributed by atoms with Crippen LogP contribution in [-0.4, -0.2) is 40.6 Å². The zero-order valence-corrected chi connectivity index (χ0v) is 18.8. The standard InChI is InChI=1S/C23H30N2O5S/c1-29-21-14-13-19(16-22(21)30-2)31(27,28)25-20(15-17-9-5-3-6-10-17)23(26)24-18-11-7-4-8-12-18/h3,5-6,9-10,13-14,16,18,20,25H,4,7-8,11-12,15H2,1-2H3,(H,24,26)/t20-/m0/s1. The zero-order valence-electron chi connectivity index (χ0n) is 18.0. The second-order valence-corrected chi connectivity index (χ2v) is 9.44. The lowest BCUT2D eigenvalue weighted by Crippen LogP contribution is -2.50. The summed E-state index contributed by atoms with van der Waals surface area (Å²) in [4.78, 5) is 13.1. The molecule has 1 amide bonds. The maximum Gasteiger partial charge on any atom is 0.241 e. The van der Waals surface area contributed by atoms with Crippen molar-refractivity contribution in [3.63, 3.8) is 0 Å². The summed E-state index contributed by atoms with van der Waals surface area (Å²) in [7, 11) is -1.05. The number of rotatable bonds is 9. The van der Waals surface area contributed by atoms with Crippen molar-refractivity contribution >= 4 is 15.9 Å². The largest absolute Gasteiger partial charge is 0.493 e. The van der Waals surface area contributed by atoms with Gasteiger partial charge in [-0.3, -0.25) is 4.79 Å². The van der Waals surface area contributed by atoms with Gasteiger partial charge in [0.1, 0.15) is 6.04 Å². The number of methoxy groups -OCH3 is 2. The van der Waals surface area contributed by atoms with Gasteiger partial charge in [-0.25, -0.2) is 8.42 Å². The molecule has 2 aromatic carbocycles. The average Bonchev–Trinajstić information content (AvgIpc) is 2.79. The van der Waals surface area contributed by atoms with Crippen molar-refractivity contribution in [2.45, 2.75) is 55.5 Å². The Hall–Kier alpha value is -2.58. The Kier molecular flexibility index (Phi) is 7.92. The van der Waals surface area contributed by atoms with Crippen LogP contribution in [0.15, 0.2) is 53.4 Å². The van der Waals surface area contributed by atoms with E-state index < -0.39 is 16.1 Å². The second kappa shape index (κ2) is 10.6. The monoisotopic (exact) mass is 446 g/mol. The number of hydrogen-bond acceptors (Lipinski definition) is 5. The van der Waals surface area contributed by atoms with Gasteiger partial charge in [-0.1, -0.05) is 49.6 Å². The van der Waals surface area contributed by atoms with Crippen LogP contribution in [-0.2, 0) is 21.2 Å². The SMILES string of the molecule is COc1ccc(S(=O)(=O)N[C@@H](Cc2ccccc2)C(=O)NC2CCCCC2)cc1OC. The third-order valence-corrected chi connectivity index (χ3v) is 6.98. The van der Waals surface area contributed by atoms with Crippen molar-refractivity contribution in [1.29, 1.82) is 0 Å². The molecule has 8 heteroatoms. The molecular weight excluding hydrogens is 416 g/mol. The molecule has 0 radical (unpaired) electrons. The molecule has 1 aliphatic rings. The predicted molar refractivity (Wildman–Crippen MR) is 119 cm³/mol. The molecule has 168 valence electrons. The van der Waals surface area contributed by atoms with Gasteiger partial charge < -0.3 is 14.8 Å². The number of hydrogen-bond donors (Lipinski definition) is 2. The van der Waals surface area contributed by atoms with Gasteiger partial charge >= 0.3 is 0 Å². The molecule has 2 aromatic rings. The highest BCUT2D eigenvalue weighted by molar-refractivity contribution is 7.89. The first kappa shape index (κ1) is 23.1. The predicted octanol–water partition coefficient (Wildman–Crippen LogP) is 3.04. The quantitative estimate of drug-likeness (QED) is 0.618. The lowest BCUT2D eigenvalue weighted by atomic mass is 9.95. The minimum atomic E-state index is -3.97. The topological polar surface area (TPSA) is 93.7 Å². The molecule has 0 aliphatic heterocycles. The van der Waals surface area contributed by atoms with Crippen molar-refractivity contribution in [3.8, 4) is 11.5 Å². The molecule has 1 atom stereocenters. The smallest absolute Gasteiger partial charge is 0.241 e. The Labute approximate surface area is 184 Å². The molecule has 1 fully saturated rings. The summed E-state index contributed by atoms with van der Waals surface area (Å²) in [5.74, 6) is 0.425. The number of sulfonamides is 1. The molecule has 0 aromatic heterocycles. The van der Waals surface area contributed by atoms with Gasteiger partial charge in [-0.15, -0.1) is 0 Å². The highest BCUT2D eigenvalue weighted by Crippen LogP contribution is 2.29. The fraction of sp³-hybridized carbons (Fsp3) is 0.435. The summed E-state index contributed by atoms with van der Waals surface area (Å²) in [6, 6.07) is 12.9. The van der Waals surface area contributed by atoms with Crippen LogP contribution in [0.25, 0.3) is 0 Å². The summed E-state index contributed by atoms with van der Waals surface area (Å²) in [6.45, 7) is 0. The third-order valence-electron chi connectivity index (χ3n) is 5.51. The van der Waals surface area contributed by atoms with Gasteiger partial charge in [0.15, 0.2) is 11.5 Å². The van der Waals surface area contributed by atoms with E-state index in [1.54, 1.807) is 0 Å². The van der Waals surface area contributed by atoms with Crippen molar-refractivity contribution in [1.82, 2.24) is 10.0 Å². The maximum absolute atomic E-state index is 13.1. The number of amides is 1. The molecule has 0 heterocycles. The van der Waals surface area contributed by atoms with Crippen molar-refractivity contribution in [3.05, 3.63) is 54.1 Å². The number of ether oxygens (including phenoxy) is 2. The molecule has 1 saturated carbocycles. The Balaban J connectivity index is 1.83. The van der Waals surface area contributed by atoms with Crippen LogP contribution in [0.4, 0.5) is 0 Å². The lowest BCUT2D eigenvalue weighted by Gasteiger charge is -2.26. The van der Waals surface area contributed by atoms with Crippen LogP contribution in [0.3, 0.4) is 0 Å². The summed E-state index contributed by atoms with van der Waals surface area (Å²) >= 11 is 0. The first-order valence-corrected chi connectivity index (χ1v) is 12.0. The van der Waals surface area contributed by atoms with Gasteiger partial charge in [-0.2, -0.15) is 4.72 Å². The first-order chi connectivity index (χ1) is 14.9. The number of benzene rings is 2. The molecule has 31 heavy (non-hydrogen) atoms. The van der Waals surface area contributed by atoms with E-state index in [4.69, 9.17) is 9.47 Å². The van der Waals surface area contributed by atoms with Crippen LogP contribution in [0, 0.1) is 0 Å². The average molecular weight is 447 g/mol. The molecule has 2 N–H and O–H groups in total. The lowest BCUT2D eigenvalue weighted by molar-refractivity contribution is -0.123. The van der Waals surface area contributed by atoms with Crippen molar-refractivity contribution in [2.24, 2.45) is 0 Å². The molecule has 1 aliphatic carbocycles. The highest BCUT2D eigenvalue weighted by Gasteiger charge is 2.28. The third kappa shape index (κ3) is 6.21. The van der Waals surface area contributed by atoms with Crippen LogP contribution >= 0.6 is 0 Å². The van der Waals surface area contributed by atoms with E-state index in [-0.39, 0.29) is 23.3 Å². The fourth-order valence-electron chi connectivity index (χ4n) is 3.83. The van der Waals surface area contributed by atoms with Gasteiger partial charge in [0.05, 0.1) is 19.1 Å². The molecule has 0 spiro atoms. The van der Waals surface area contributed by atoms with Crippen molar-refractivity contribution < 1.29 is 22.7 Å². The summed E-state index contributed by atoms with van der Waals surface area (Å²) in [5.41, 5.74) is 0.876. The van der Waals surface area contributed by atoms with E-state index in [1.807, 2.05) is 30.3 Å². The molecule has 0 saturated heterocycles. The normalized spacial score (nSPS) is 15.8. The van der Waals surface area contributed by atoms with E-state index in [1.165, 1.54) is 38.8 Å². The fourth-order valence-corrected chi connectivity index (χ4v) is 5.04. The highest BCUT2D eigenvalue weighted by atomic mass is 32.2. The number of nitrogens with one attached hydrogen (secondary N) is 2. The van der Waals surface area contributed by atoms with E-state index in [2.05, 4.69) is 10.0 Å². The molecule has 3 rings (SSSR count). The van der Waals surface area contributed by atoms with Crippen LogP contribution < -0.4 is 19.5 Å². The van der Waals surface area contributed by atoms with Gasteiger partial charge in [0, 0.05) is 12.1 Å². The van der Waals surface area contributed by atoms with E-state index >= 15 is 0 Å². The summed E-state index contributed by atoms with van der Waals surface area (Å²) in [5, 5.41) is 3.04. The van der Waals surface area contributed by atoms with E-state index in [9.17, 15) is 13.2 Å². The van der Waals surface area contributed by atoms with Crippen molar-refractivity contribution in [2.75, 3.05) is 14.2 Å². The minimum Gasteiger partial charge on any atom is -0.493 e. The van der Waals surface area contributed by atoms with Crippen LogP contribution in [0.2, 0.25) is 0 Å². The minimum absolute atomic E-state index is 0.00804. The van der Waals surface area contributed by atoms with Crippen LogP contribution in [0.5, 0.6) is 11.5 Å². The van der Waals surface area contributed by atoms with Gasteiger partial charge in [-0.05, 0) is 37.0 Å². The van der Waals surface area contributed by atoms with Gasteiger partial charge in [0.25, 0.3) is 0 Å². The summed E-state index contributed by atoms with van der Waals surface area (Å²) < 4.78 is 39.2. The van der Waals surface area contributed by atoms with Gasteiger partial charge in [0.2, 0.25) is 15.9 Å². The van der Waals surface area contributed by atoms with E-state index in [0.717, 1.165) is 31.2 Å². The Morgan fingerprint density at radius 2 is 1.68 bits per heavy atom. The zero-order chi connectivity index (χ0) is 22.3. The Morgan fingerprint density at radius 1 is 1.00 bits per heavy atom. The van der Waals surface area contributed by atoms with Crippen LogP contribution in [0.1, 0.15) is 37.7 Å².